The molecule has 2 heterocycles. The predicted molar refractivity (Wildman–Crippen MR) is 181 cm³/mol. The number of imidazole rings is 1. The lowest BCUT2D eigenvalue weighted by Gasteiger charge is -2.33. The second kappa shape index (κ2) is 13.1. The van der Waals surface area contributed by atoms with Crippen LogP contribution in [0.1, 0.15) is 66.1 Å². The number of fused-ring (bicyclic) bond motifs is 1. The Morgan fingerprint density at radius 3 is 1.96 bits per heavy atom. The fourth-order valence-electron chi connectivity index (χ4n) is 6.59. The Morgan fingerprint density at radius 1 is 0.816 bits per heavy atom. The number of piperidine rings is 1. The number of alkyl halides is 3. The minimum Gasteiger partial charge on any atom is -0.418 e. The summed E-state index contributed by atoms with van der Waals surface area (Å²) in [6.45, 7) is 0.242. The van der Waals surface area contributed by atoms with Crippen molar-refractivity contribution in [3.63, 3.8) is 0 Å². The van der Waals surface area contributed by atoms with E-state index >= 15 is 0 Å². The van der Waals surface area contributed by atoms with Crippen molar-refractivity contribution in [1.82, 2.24) is 13.9 Å². The summed E-state index contributed by atoms with van der Waals surface area (Å²) in [7, 11) is -4.27. The van der Waals surface area contributed by atoms with Gasteiger partial charge in [0.05, 0.1) is 11.0 Å². The zero-order valence-corrected chi connectivity index (χ0v) is 28.2. The van der Waals surface area contributed by atoms with Gasteiger partial charge < -0.3 is 9.30 Å². The number of benzene rings is 4. The minimum atomic E-state index is -5.27. The Balaban J connectivity index is 1.21. The highest BCUT2D eigenvalue weighted by atomic mass is 35.5. The van der Waals surface area contributed by atoms with Crippen molar-refractivity contribution >= 4 is 50.2 Å². The molecule has 13 heteroatoms. The molecule has 5 aromatic rings. The van der Waals surface area contributed by atoms with Crippen LogP contribution in [0.3, 0.4) is 0 Å². The number of para-hydroxylation sites is 1. The Bertz CT molecular complexity index is 2080. The topological polar surface area (TPSA) is 81.5 Å². The van der Waals surface area contributed by atoms with E-state index in [1.54, 1.807) is 0 Å². The molecule has 0 atom stereocenters. The fraction of sp³-hybridized carbons (Fsp3) is 0.278. The van der Waals surface area contributed by atoms with Gasteiger partial charge in [0.15, 0.2) is 5.75 Å². The van der Waals surface area contributed by atoms with Crippen molar-refractivity contribution in [3.8, 4) is 5.75 Å². The third kappa shape index (κ3) is 6.81. The van der Waals surface area contributed by atoms with E-state index in [1.807, 2.05) is 54.6 Å². The highest BCUT2D eigenvalue weighted by Crippen LogP contribution is 2.44. The molecule has 7 rings (SSSR count). The van der Waals surface area contributed by atoms with E-state index in [1.165, 1.54) is 16.4 Å². The lowest BCUT2D eigenvalue weighted by atomic mass is 9.85. The van der Waals surface area contributed by atoms with Crippen LogP contribution in [0.4, 0.5) is 13.2 Å². The highest BCUT2D eigenvalue weighted by Gasteiger charge is 2.43. The number of hydrogen-bond acceptors (Lipinski definition) is 5. The van der Waals surface area contributed by atoms with Gasteiger partial charge in [-0.1, -0.05) is 65.7 Å². The van der Waals surface area contributed by atoms with E-state index < -0.39 is 32.8 Å². The van der Waals surface area contributed by atoms with Gasteiger partial charge in [-0.25, -0.2) is 18.2 Å². The summed E-state index contributed by atoms with van der Waals surface area (Å²) in [5.74, 6) is -1.97. The first-order chi connectivity index (χ1) is 23.4. The number of sulfonamides is 1. The molecule has 1 saturated heterocycles. The Labute approximate surface area is 291 Å². The third-order valence-corrected chi connectivity index (χ3v) is 11.6. The van der Waals surface area contributed by atoms with E-state index in [-0.39, 0.29) is 25.0 Å². The fourth-order valence-corrected chi connectivity index (χ4v) is 8.43. The largest absolute Gasteiger partial charge is 0.491 e. The number of nitrogens with zero attached hydrogens (tertiary/aromatic N) is 3. The van der Waals surface area contributed by atoms with Crippen molar-refractivity contribution in [2.45, 2.75) is 54.6 Å². The van der Waals surface area contributed by atoms with E-state index in [0.29, 0.717) is 28.8 Å². The molecular weight excluding hydrogens is 698 g/mol. The van der Waals surface area contributed by atoms with Crippen LogP contribution in [0, 0.1) is 0 Å². The number of aromatic nitrogens is 2. The molecule has 0 N–H and O–H groups in total. The molecule has 1 aliphatic carbocycles. The number of esters is 1. The van der Waals surface area contributed by atoms with Crippen LogP contribution < -0.4 is 4.74 Å². The average molecular weight is 729 g/mol. The lowest BCUT2D eigenvalue weighted by molar-refractivity contribution is -0.189. The van der Waals surface area contributed by atoms with Crippen LogP contribution in [0.5, 0.6) is 5.75 Å². The number of carbonyl (C=O) groups excluding carboxylic acids is 1. The van der Waals surface area contributed by atoms with Gasteiger partial charge in [-0.3, -0.25) is 0 Å². The zero-order valence-electron chi connectivity index (χ0n) is 25.9. The molecule has 1 aliphatic heterocycles. The summed E-state index contributed by atoms with van der Waals surface area (Å²) in [6, 6.07) is 26.6. The van der Waals surface area contributed by atoms with Crippen LogP contribution in [0.2, 0.25) is 10.0 Å². The molecule has 254 valence electrons. The van der Waals surface area contributed by atoms with Crippen molar-refractivity contribution in [1.29, 1.82) is 0 Å². The first-order valence-corrected chi connectivity index (χ1v) is 18.0. The van der Waals surface area contributed by atoms with Crippen LogP contribution in [-0.2, 0) is 14.8 Å². The molecule has 2 aliphatic rings. The summed E-state index contributed by atoms with van der Waals surface area (Å²) < 4.78 is 74.1. The highest BCUT2D eigenvalue weighted by molar-refractivity contribution is 7.89. The molecule has 0 spiro atoms. The van der Waals surface area contributed by atoms with E-state index in [0.717, 1.165) is 58.5 Å². The van der Waals surface area contributed by atoms with Gasteiger partial charge in [-0.2, -0.15) is 17.5 Å². The zero-order chi connectivity index (χ0) is 34.5. The molecule has 0 radical (unpaired) electrons. The van der Waals surface area contributed by atoms with Crippen LogP contribution in [0.25, 0.3) is 11.0 Å². The van der Waals surface area contributed by atoms with Gasteiger partial charge in [-0.05, 0) is 90.9 Å². The maximum absolute atomic E-state index is 13.7. The molecular formula is C36H30Cl2F3N3O4S. The second-order valence-corrected chi connectivity index (χ2v) is 15.1. The molecule has 0 bridgehead atoms. The molecule has 0 amide bonds. The number of carbonyl (C=O) groups is 1. The monoisotopic (exact) mass is 727 g/mol. The van der Waals surface area contributed by atoms with Crippen molar-refractivity contribution in [2.75, 3.05) is 13.1 Å². The number of rotatable bonds is 8. The van der Waals surface area contributed by atoms with Gasteiger partial charge in [0.1, 0.15) is 10.7 Å². The van der Waals surface area contributed by atoms with Crippen molar-refractivity contribution < 1.29 is 31.1 Å². The van der Waals surface area contributed by atoms with E-state index in [9.17, 15) is 26.4 Å². The molecule has 0 unspecified atom stereocenters. The van der Waals surface area contributed by atoms with Gasteiger partial charge >= 0.3 is 12.1 Å². The van der Waals surface area contributed by atoms with E-state index in [2.05, 4.69) is 21.4 Å². The Hall–Kier alpha value is -3.90. The molecule has 2 fully saturated rings. The summed E-state index contributed by atoms with van der Waals surface area (Å²) in [6.07, 6.45) is -2.32. The Morgan fingerprint density at radius 2 is 1.39 bits per heavy atom. The summed E-state index contributed by atoms with van der Waals surface area (Å²) >= 11 is 12.5. The standard InChI is InChI=1S/C36H30Cl2F3N3O4S/c37-26-12-7-22(8-13-26)33(23-9-14-27(38)15-10-23)25-11-16-29-30(21-25)44(34(42-29)24-5-6-24)28-17-19-43(20-18-28)49(46,47)32-4-2-1-3-31(32)48-35(45)36(39,40)41/h1-4,7-16,21,24,28,33H,5-6,17-20H2. The number of halogens is 5. The van der Waals surface area contributed by atoms with Crippen molar-refractivity contribution in [3.05, 3.63) is 124 Å². The predicted octanol–water partition coefficient (Wildman–Crippen LogP) is 8.89. The number of hydrogen-bond donors (Lipinski definition) is 0. The molecule has 1 saturated carbocycles. The maximum Gasteiger partial charge on any atom is 0.491 e. The summed E-state index contributed by atoms with van der Waals surface area (Å²) in [4.78, 5) is 16.1. The van der Waals surface area contributed by atoms with Crippen LogP contribution in [-0.4, -0.2) is 47.5 Å². The SMILES string of the molecule is O=C(Oc1ccccc1S(=O)(=O)N1CCC(n2c(C3CC3)nc3ccc(C(c4ccc(Cl)cc4)c4ccc(Cl)cc4)cc32)CC1)C(F)(F)F. The maximum atomic E-state index is 13.7. The molecule has 49 heavy (non-hydrogen) atoms. The summed E-state index contributed by atoms with van der Waals surface area (Å²) in [5.41, 5.74) is 4.97. The van der Waals surface area contributed by atoms with Crippen LogP contribution in [0.15, 0.2) is 95.9 Å². The van der Waals surface area contributed by atoms with E-state index in [4.69, 9.17) is 28.2 Å². The third-order valence-electron chi connectivity index (χ3n) is 9.11. The smallest absolute Gasteiger partial charge is 0.418 e. The first-order valence-electron chi connectivity index (χ1n) is 15.8. The Kier molecular flexibility index (Phi) is 8.98. The number of ether oxygens (including phenoxy) is 1. The lowest BCUT2D eigenvalue weighted by Crippen LogP contribution is -2.39. The average Bonchev–Trinajstić information content (AvgIpc) is 3.86. The minimum absolute atomic E-state index is 0.0647. The van der Waals surface area contributed by atoms with Gasteiger partial charge in [0, 0.05) is 41.0 Å². The first kappa shape index (κ1) is 33.6. The molecule has 7 nitrogen and oxygen atoms in total. The normalized spacial score (nSPS) is 16.4. The van der Waals surface area contributed by atoms with Crippen LogP contribution >= 0.6 is 23.2 Å². The van der Waals surface area contributed by atoms with Gasteiger partial charge in [0.2, 0.25) is 10.0 Å². The molecule has 1 aromatic heterocycles. The quantitative estimate of drug-likeness (QED) is 0.0906. The van der Waals surface area contributed by atoms with Gasteiger partial charge in [-0.15, -0.1) is 0 Å². The molecule has 4 aromatic carbocycles. The van der Waals surface area contributed by atoms with Gasteiger partial charge in [0.25, 0.3) is 0 Å². The van der Waals surface area contributed by atoms with Crippen molar-refractivity contribution in [2.24, 2.45) is 0 Å². The summed E-state index contributed by atoms with van der Waals surface area (Å²) in [5, 5.41) is 1.28. The second-order valence-electron chi connectivity index (χ2n) is 12.4.